The highest BCUT2D eigenvalue weighted by atomic mass is 19.4. The van der Waals surface area contributed by atoms with Crippen molar-refractivity contribution in [3.63, 3.8) is 0 Å². The Morgan fingerprint density at radius 2 is 1.53 bits per heavy atom. The molecule has 0 bridgehead atoms. The van der Waals surface area contributed by atoms with E-state index < -0.39 is 12.8 Å². The Labute approximate surface area is 88.1 Å². The third-order valence-corrected chi connectivity index (χ3v) is 2.59. The van der Waals surface area contributed by atoms with Gasteiger partial charge in [-0.15, -0.1) is 0 Å². The monoisotopic (exact) mass is 225 g/mol. The molecule has 1 fully saturated rings. The molecule has 1 aliphatic carbocycles. The van der Waals surface area contributed by atoms with Crippen molar-refractivity contribution in [1.29, 1.82) is 0 Å². The largest absolute Gasteiger partial charge is 0.413 e. The number of rotatable bonds is 3. The second kappa shape index (κ2) is 6.33. The maximum atomic E-state index is 11.8. The van der Waals surface area contributed by atoms with Gasteiger partial charge < -0.3 is 0 Å². The second-order valence-corrected chi connectivity index (χ2v) is 4.06. The Kier molecular flexibility index (Phi) is 5.39. The van der Waals surface area contributed by atoms with Gasteiger partial charge in [-0.05, 0) is 12.8 Å². The van der Waals surface area contributed by atoms with Crippen molar-refractivity contribution in [3.8, 4) is 0 Å². The molecule has 1 saturated carbocycles. The van der Waals surface area contributed by atoms with E-state index in [-0.39, 0.29) is 6.04 Å². The van der Waals surface area contributed by atoms with Crippen LogP contribution in [0.25, 0.3) is 0 Å². The summed E-state index contributed by atoms with van der Waals surface area (Å²) in [6.45, 7) is -1.20. The number of hydroxylamine groups is 1. The molecular weight excluding hydrogens is 207 g/mol. The zero-order valence-corrected chi connectivity index (χ0v) is 8.78. The first kappa shape index (κ1) is 12.8. The van der Waals surface area contributed by atoms with Gasteiger partial charge in [-0.3, -0.25) is 4.84 Å². The standard InChI is InChI=1S/C10H18F3NO/c11-10(12,13)8-15-14-9-6-4-2-1-3-5-7-9/h9,14H,1-8H2. The molecule has 15 heavy (non-hydrogen) atoms. The van der Waals surface area contributed by atoms with Gasteiger partial charge in [-0.25, -0.2) is 0 Å². The van der Waals surface area contributed by atoms with Crippen LogP contribution in [-0.2, 0) is 4.84 Å². The smallest absolute Gasteiger partial charge is 0.292 e. The summed E-state index contributed by atoms with van der Waals surface area (Å²) < 4.78 is 35.4. The van der Waals surface area contributed by atoms with Crippen LogP contribution in [0.4, 0.5) is 13.2 Å². The predicted octanol–water partition coefficient (Wildman–Crippen LogP) is 3.18. The highest BCUT2D eigenvalue weighted by Crippen LogP contribution is 2.18. The fraction of sp³-hybridized carbons (Fsp3) is 1.00. The molecule has 5 heteroatoms. The highest BCUT2D eigenvalue weighted by Gasteiger charge is 2.28. The van der Waals surface area contributed by atoms with E-state index in [2.05, 4.69) is 10.3 Å². The lowest BCUT2D eigenvalue weighted by molar-refractivity contribution is -0.193. The normalized spacial score (nSPS) is 21.0. The molecule has 2 nitrogen and oxygen atoms in total. The van der Waals surface area contributed by atoms with Gasteiger partial charge in [-0.2, -0.15) is 18.7 Å². The fourth-order valence-electron chi connectivity index (χ4n) is 1.82. The summed E-state index contributed by atoms with van der Waals surface area (Å²) in [6.07, 6.45) is 3.34. The lowest BCUT2D eigenvalue weighted by atomic mass is 9.97. The molecule has 0 aromatic rings. The minimum atomic E-state index is -4.24. The molecule has 1 aliphatic rings. The van der Waals surface area contributed by atoms with Crippen molar-refractivity contribution in [3.05, 3.63) is 0 Å². The van der Waals surface area contributed by atoms with Crippen molar-refractivity contribution in [2.45, 2.75) is 57.2 Å². The van der Waals surface area contributed by atoms with Gasteiger partial charge in [0.15, 0.2) is 6.61 Å². The lowest BCUT2D eigenvalue weighted by Gasteiger charge is -2.20. The molecule has 0 amide bonds. The molecule has 90 valence electrons. The third kappa shape index (κ3) is 6.73. The summed E-state index contributed by atoms with van der Waals surface area (Å²) in [5, 5.41) is 0. The Morgan fingerprint density at radius 3 is 2.07 bits per heavy atom. The number of halogens is 3. The van der Waals surface area contributed by atoms with Crippen molar-refractivity contribution < 1.29 is 18.0 Å². The summed E-state index contributed by atoms with van der Waals surface area (Å²) in [7, 11) is 0. The third-order valence-electron chi connectivity index (χ3n) is 2.59. The number of hydrogen-bond donors (Lipinski definition) is 1. The van der Waals surface area contributed by atoms with Crippen LogP contribution in [0.5, 0.6) is 0 Å². The molecular formula is C10H18F3NO. The zero-order chi connectivity index (χ0) is 11.1. The molecule has 0 heterocycles. The average molecular weight is 225 g/mol. The van der Waals surface area contributed by atoms with Crippen LogP contribution in [0.1, 0.15) is 44.9 Å². The van der Waals surface area contributed by atoms with Gasteiger partial charge in [0.25, 0.3) is 0 Å². The minimum Gasteiger partial charge on any atom is -0.292 e. The van der Waals surface area contributed by atoms with Crippen molar-refractivity contribution in [1.82, 2.24) is 5.48 Å². The molecule has 0 atom stereocenters. The van der Waals surface area contributed by atoms with Gasteiger partial charge in [-0.1, -0.05) is 32.1 Å². The summed E-state index contributed by atoms with van der Waals surface area (Å²) in [4.78, 5) is 4.46. The summed E-state index contributed by atoms with van der Waals surface area (Å²) >= 11 is 0. The first-order chi connectivity index (χ1) is 7.08. The van der Waals surface area contributed by atoms with E-state index in [1.165, 1.54) is 19.3 Å². The molecule has 0 saturated heterocycles. The lowest BCUT2D eigenvalue weighted by Crippen LogP contribution is -2.33. The maximum absolute atomic E-state index is 11.8. The quantitative estimate of drug-likeness (QED) is 0.745. The zero-order valence-electron chi connectivity index (χ0n) is 8.78. The Bertz CT molecular complexity index is 165. The summed E-state index contributed by atoms with van der Waals surface area (Å²) in [5.74, 6) is 0. The van der Waals surface area contributed by atoms with Gasteiger partial charge >= 0.3 is 6.18 Å². The van der Waals surface area contributed by atoms with Crippen molar-refractivity contribution in [2.75, 3.05) is 6.61 Å². The first-order valence-corrected chi connectivity index (χ1v) is 5.52. The topological polar surface area (TPSA) is 21.3 Å². The predicted molar refractivity (Wildman–Crippen MR) is 51.2 cm³/mol. The van der Waals surface area contributed by atoms with E-state index in [1.807, 2.05) is 0 Å². The van der Waals surface area contributed by atoms with E-state index in [0.29, 0.717) is 0 Å². The molecule has 0 unspecified atom stereocenters. The van der Waals surface area contributed by atoms with Crippen LogP contribution in [0.2, 0.25) is 0 Å². The molecule has 1 rings (SSSR count). The van der Waals surface area contributed by atoms with E-state index in [9.17, 15) is 13.2 Å². The first-order valence-electron chi connectivity index (χ1n) is 5.52. The number of alkyl halides is 3. The minimum absolute atomic E-state index is 0.0904. The molecule has 1 N–H and O–H groups in total. The Morgan fingerprint density at radius 1 is 1.00 bits per heavy atom. The van der Waals surface area contributed by atoms with E-state index >= 15 is 0 Å². The number of nitrogens with one attached hydrogen (secondary N) is 1. The summed E-state index contributed by atoms with van der Waals surface area (Å²) in [6, 6.07) is 0.0904. The Hall–Kier alpha value is -0.290. The number of hydrogen-bond acceptors (Lipinski definition) is 2. The fourth-order valence-corrected chi connectivity index (χ4v) is 1.82. The van der Waals surface area contributed by atoms with Crippen molar-refractivity contribution in [2.24, 2.45) is 0 Å². The highest BCUT2D eigenvalue weighted by molar-refractivity contribution is 4.66. The van der Waals surface area contributed by atoms with Crippen molar-refractivity contribution >= 4 is 0 Å². The van der Waals surface area contributed by atoms with E-state index in [4.69, 9.17) is 0 Å². The van der Waals surface area contributed by atoms with Gasteiger partial charge in [0, 0.05) is 6.04 Å². The Balaban J connectivity index is 2.12. The van der Waals surface area contributed by atoms with Crippen LogP contribution >= 0.6 is 0 Å². The summed E-state index contributed by atoms with van der Waals surface area (Å²) in [5.41, 5.74) is 2.53. The molecule has 0 aromatic carbocycles. The van der Waals surface area contributed by atoms with Gasteiger partial charge in [0.05, 0.1) is 0 Å². The molecule has 0 aromatic heterocycles. The molecule has 0 aliphatic heterocycles. The van der Waals surface area contributed by atoms with Crippen LogP contribution in [0.3, 0.4) is 0 Å². The van der Waals surface area contributed by atoms with E-state index in [0.717, 1.165) is 25.7 Å². The van der Waals surface area contributed by atoms with E-state index in [1.54, 1.807) is 0 Å². The second-order valence-electron chi connectivity index (χ2n) is 4.06. The maximum Gasteiger partial charge on any atom is 0.413 e. The van der Waals surface area contributed by atoms with Crippen LogP contribution < -0.4 is 5.48 Å². The van der Waals surface area contributed by atoms with Crippen LogP contribution in [-0.4, -0.2) is 18.8 Å². The molecule has 0 radical (unpaired) electrons. The van der Waals surface area contributed by atoms with Crippen LogP contribution in [0, 0.1) is 0 Å². The van der Waals surface area contributed by atoms with Crippen LogP contribution in [0.15, 0.2) is 0 Å². The average Bonchev–Trinajstić information content (AvgIpc) is 2.06. The molecule has 0 spiro atoms. The van der Waals surface area contributed by atoms with Gasteiger partial charge in [0.1, 0.15) is 0 Å². The van der Waals surface area contributed by atoms with Gasteiger partial charge in [0.2, 0.25) is 0 Å². The SMILES string of the molecule is FC(F)(F)CONC1CCCCCCC1.